The number of nitrogens with zero attached hydrogens (tertiary/aromatic N) is 1. The van der Waals surface area contributed by atoms with Gasteiger partial charge in [-0.3, -0.25) is 19.7 Å². The van der Waals surface area contributed by atoms with E-state index in [9.17, 15) is 14.4 Å². The molecule has 5 nitrogen and oxygen atoms in total. The van der Waals surface area contributed by atoms with E-state index < -0.39 is 6.04 Å². The predicted octanol–water partition coefficient (Wildman–Crippen LogP) is 1.96. The fraction of sp³-hybridized carbons (Fsp3) is 0.471. The molecule has 0 aliphatic carbocycles. The van der Waals surface area contributed by atoms with Crippen LogP contribution in [0.5, 0.6) is 0 Å². The zero-order chi connectivity index (χ0) is 15.9. The monoisotopic (exact) mass is 300 g/mol. The third kappa shape index (κ3) is 2.40. The number of imide groups is 1. The number of amides is 3. The van der Waals surface area contributed by atoms with Gasteiger partial charge in [0.15, 0.2) is 0 Å². The van der Waals surface area contributed by atoms with Crippen molar-refractivity contribution in [2.45, 2.75) is 51.6 Å². The summed E-state index contributed by atoms with van der Waals surface area (Å²) < 4.78 is 0. The van der Waals surface area contributed by atoms with Gasteiger partial charge in [0.2, 0.25) is 11.8 Å². The molecule has 5 heteroatoms. The summed E-state index contributed by atoms with van der Waals surface area (Å²) in [5.41, 5.74) is 2.86. The Morgan fingerprint density at radius 1 is 1.23 bits per heavy atom. The molecule has 1 atom stereocenters. The highest BCUT2D eigenvalue weighted by Crippen LogP contribution is 2.32. The molecule has 1 unspecified atom stereocenters. The second kappa shape index (κ2) is 5.55. The normalized spacial score (nSPS) is 21.9. The van der Waals surface area contributed by atoms with Crippen molar-refractivity contribution in [2.75, 3.05) is 0 Å². The highest BCUT2D eigenvalue weighted by molar-refractivity contribution is 6.04. The zero-order valence-electron chi connectivity index (χ0n) is 12.9. The largest absolute Gasteiger partial charge is 0.322 e. The molecule has 2 aliphatic rings. The Morgan fingerprint density at radius 3 is 2.73 bits per heavy atom. The van der Waals surface area contributed by atoms with Crippen molar-refractivity contribution in [1.82, 2.24) is 10.2 Å². The Kier molecular flexibility index (Phi) is 3.72. The van der Waals surface area contributed by atoms with Crippen LogP contribution in [0.3, 0.4) is 0 Å². The van der Waals surface area contributed by atoms with E-state index >= 15 is 0 Å². The van der Waals surface area contributed by atoms with Crippen LogP contribution in [-0.2, 0) is 16.1 Å². The minimum absolute atomic E-state index is 0.105. The summed E-state index contributed by atoms with van der Waals surface area (Å²) in [5.74, 6) is -0.381. The number of nitrogens with one attached hydrogen (secondary N) is 1. The summed E-state index contributed by atoms with van der Waals surface area (Å²) in [5, 5.41) is 2.38. The molecule has 3 amide bonds. The number of rotatable bonds is 2. The lowest BCUT2D eigenvalue weighted by atomic mass is 9.95. The van der Waals surface area contributed by atoms with Crippen molar-refractivity contribution in [3.8, 4) is 0 Å². The Bertz CT molecular complexity index is 651. The van der Waals surface area contributed by atoms with Crippen LogP contribution in [0.2, 0.25) is 0 Å². The molecule has 0 bridgehead atoms. The lowest BCUT2D eigenvalue weighted by Crippen LogP contribution is -2.46. The van der Waals surface area contributed by atoms with Gasteiger partial charge in [-0.15, -0.1) is 0 Å². The van der Waals surface area contributed by atoms with Crippen LogP contribution >= 0.6 is 0 Å². The fourth-order valence-electron chi connectivity index (χ4n) is 3.34. The van der Waals surface area contributed by atoms with Gasteiger partial charge in [-0.1, -0.05) is 26.0 Å². The lowest BCUT2D eigenvalue weighted by Gasteiger charge is -2.25. The Labute approximate surface area is 129 Å². The SMILES string of the molecule is CC(C)c1cccc2c1CN(C1CCCC(=O)NC1=O)C2=O. The Balaban J connectivity index is 1.92. The smallest absolute Gasteiger partial charge is 0.255 e. The molecule has 3 rings (SSSR count). The van der Waals surface area contributed by atoms with E-state index in [4.69, 9.17) is 0 Å². The summed E-state index contributed by atoms with van der Waals surface area (Å²) in [6.45, 7) is 4.65. The first-order valence-electron chi connectivity index (χ1n) is 7.75. The number of carbonyl (C=O) groups is 3. The highest BCUT2D eigenvalue weighted by atomic mass is 16.2. The number of carbonyl (C=O) groups excluding carboxylic acids is 3. The molecule has 1 saturated heterocycles. The molecular formula is C17H20N2O3. The van der Waals surface area contributed by atoms with Crippen molar-refractivity contribution in [3.05, 3.63) is 34.9 Å². The molecule has 0 spiro atoms. The summed E-state index contributed by atoms with van der Waals surface area (Å²) >= 11 is 0. The second-order valence-corrected chi connectivity index (χ2v) is 6.28. The molecular weight excluding hydrogens is 280 g/mol. The summed E-state index contributed by atoms with van der Waals surface area (Å²) in [4.78, 5) is 37.9. The van der Waals surface area contributed by atoms with E-state index in [1.54, 1.807) is 4.90 Å². The van der Waals surface area contributed by atoms with Crippen molar-refractivity contribution in [3.63, 3.8) is 0 Å². The van der Waals surface area contributed by atoms with Crippen LogP contribution in [0, 0.1) is 0 Å². The molecule has 0 saturated carbocycles. The van der Waals surface area contributed by atoms with Gasteiger partial charge >= 0.3 is 0 Å². The molecule has 0 aromatic heterocycles. The van der Waals surface area contributed by atoms with Gasteiger partial charge in [-0.25, -0.2) is 0 Å². The highest BCUT2D eigenvalue weighted by Gasteiger charge is 2.38. The number of fused-ring (bicyclic) bond motifs is 1. The minimum atomic E-state index is -0.550. The van der Waals surface area contributed by atoms with Gasteiger partial charge in [0.25, 0.3) is 5.91 Å². The average Bonchev–Trinajstić information content (AvgIpc) is 2.70. The van der Waals surface area contributed by atoms with Gasteiger partial charge in [-0.2, -0.15) is 0 Å². The second-order valence-electron chi connectivity index (χ2n) is 6.28. The van der Waals surface area contributed by atoms with Crippen LogP contribution < -0.4 is 5.32 Å². The number of hydrogen-bond acceptors (Lipinski definition) is 3. The van der Waals surface area contributed by atoms with Gasteiger partial charge in [0, 0.05) is 18.5 Å². The first-order valence-corrected chi connectivity index (χ1v) is 7.75. The van der Waals surface area contributed by atoms with Gasteiger partial charge < -0.3 is 4.90 Å². The van der Waals surface area contributed by atoms with Crippen LogP contribution in [0.15, 0.2) is 18.2 Å². The van der Waals surface area contributed by atoms with Crippen LogP contribution in [0.25, 0.3) is 0 Å². The maximum Gasteiger partial charge on any atom is 0.255 e. The molecule has 22 heavy (non-hydrogen) atoms. The van der Waals surface area contributed by atoms with Crippen molar-refractivity contribution < 1.29 is 14.4 Å². The van der Waals surface area contributed by atoms with Gasteiger partial charge in [0.1, 0.15) is 6.04 Å². The summed E-state index contributed by atoms with van der Waals surface area (Å²) in [7, 11) is 0. The van der Waals surface area contributed by atoms with Crippen LogP contribution in [0.4, 0.5) is 0 Å². The van der Waals surface area contributed by atoms with E-state index in [1.165, 1.54) is 0 Å². The molecule has 1 aromatic rings. The van der Waals surface area contributed by atoms with Gasteiger partial charge in [-0.05, 0) is 36.0 Å². The van der Waals surface area contributed by atoms with E-state index in [2.05, 4.69) is 19.2 Å². The molecule has 1 fully saturated rings. The van der Waals surface area contributed by atoms with E-state index in [0.717, 1.165) is 11.1 Å². The minimum Gasteiger partial charge on any atom is -0.322 e. The Hall–Kier alpha value is -2.17. The standard InChI is InChI=1S/C17H20N2O3/c1-10(2)11-5-3-6-12-13(11)9-19(17(12)22)14-7-4-8-15(20)18-16(14)21/h3,5-6,10,14H,4,7-9H2,1-2H3,(H,18,20,21). The maximum atomic E-state index is 12.7. The quantitative estimate of drug-likeness (QED) is 0.849. The molecule has 2 heterocycles. The van der Waals surface area contributed by atoms with E-state index in [-0.39, 0.29) is 17.7 Å². The topological polar surface area (TPSA) is 66.5 Å². The van der Waals surface area contributed by atoms with E-state index in [1.807, 2.05) is 18.2 Å². The summed E-state index contributed by atoms with van der Waals surface area (Å²) in [6.07, 6.45) is 1.50. The predicted molar refractivity (Wildman–Crippen MR) is 81.2 cm³/mol. The van der Waals surface area contributed by atoms with Crippen LogP contribution in [0.1, 0.15) is 60.5 Å². The first kappa shape index (κ1) is 14.8. The fourth-order valence-corrected chi connectivity index (χ4v) is 3.34. The van der Waals surface area contributed by atoms with Crippen LogP contribution in [-0.4, -0.2) is 28.7 Å². The van der Waals surface area contributed by atoms with Crippen molar-refractivity contribution in [2.24, 2.45) is 0 Å². The summed E-state index contributed by atoms with van der Waals surface area (Å²) in [6, 6.07) is 5.21. The zero-order valence-corrected chi connectivity index (χ0v) is 12.9. The number of hydrogen-bond donors (Lipinski definition) is 1. The molecule has 116 valence electrons. The molecule has 0 radical (unpaired) electrons. The number of benzene rings is 1. The molecule has 2 aliphatic heterocycles. The van der Waals surface area contributed by atoms with Crippen molar-refractivity contribution >= 4 is 17.7 Å². The van der Waals surface area contributed by atoms with Crippen molar-refractivity contribution in [1.29, 1.82) is 0 Å². The lowest BCUT2D eigenvalue weighted by molar-refractivity contribution is -0.132. The Morgan fingerprint density at radius 2 is 2.00 bits per heavy atom. The van der Waals surface area contributed by atoms with E-state index in [0.29, 0.717) is 37.3 Å². The molecule has 1 aromatic carbocycles. The van der Waals surface area contributed by atoms with Gasteiger partial charge in [0.05, 0.1) is 0 Å². The molecule has 1 N–H and O–H groups in total. The third-order valence-corrected chi connectivity index (χ3v) is 4.48. The third-order valence-electron chi connectivity index (χ3n) is 4.48. The average molecular weight is 300 g/mol. The maximum absolute atomic E-state index is 12.7. The first-order chi connectivity index (χ1) is 10.5.